The Bertz CT molecular complexity index is 962. The monoisotopic (exact) mass is 546 g/mol. The molecule has 3 heterocycles. The van der Waals surface area contributed by atoms with Gasteiger partial charge >= 0.3 is 19.2 Å². The maximum Gasteiger partial charge on any atom is 0.457 e. The molecule has 14 heteroatoms. The van der Waals surface area contributed by atoms with E-state index in [-0.39, 0.29) is 39.3 Å². The third-order valence-electron chi connectivity index (χ3n) is 7.83. The molecule has 0 aromatic carbocycles. The van der Waals surface area contributed by atoms with Gasteiger partial charge in [0.1, 0.15) is 11.1 Å². The van der Waals surface area contributed by atoms with Crippen molar-refractivity contribution in [2.24, 2.45) is 11.7 Å². The number of aliphatic carboxylic acids is 1. The molecule has 3 rings (SSSR count). The molecule has 3 N–H and O–H groups in total. The van der Waals surface area contributed by atoms with E-state index in [4.69, 9.17) is 19.8 Å². The number of ether oxygens (including phenoxy) is 1. The molecule has 3 aliphatic heterocycles. The summed E-state index contributed by atoms with van der Waals surface area (Å²) >= 11 is 0. The van der Waals surface area contributed by atoms with Crippen LogP contribution in [0.4, 0.5) is 4.79 Å². The van der Waals surface area contributed by atoms with Gasteiger partial charge in [0.25, 0.3) is 10.2 Å². The van der Waals surface area contributed by atoms with Crippen LogP contribution < -0.4 is 5.73 Å². The molecule has 0 saturated carbocycles. The molecular weight excluding hydrogens is 503 g/mol. The summed E-state index contributed by atoms with van der Waals surface area (Å²) in [7, 11) is -4.37. The Hall–Kier alpha value is -1.45. The van der Waals surface area contributed by atoms with Crippen LogP contribution in [0.25, 0.3) is 0 Å². The Kier molecular flexibility index (Phi) is 8.35. The fraction of sp³-hybridized carbons (Fsp3) is 0.913. The lowest BCUT2D eigenvalue weighted by atomic mass is 9.78. The summed E-state index contributed by atoms with van der Waals surface area (Å²) in [6, 6.07) is 0. The first kappa shape index (κ1) is 30.1. The van der Waals surface area contributed by atoms with Crippen molar-refractivity contribution in [3.8, 4) is 0 Å². The van der Waals surface area contributed by atoms with E-state index in [1.165, 1.54) is 13.5 Å². The van der Waals surface area contributed by atoms with Gasteiger partial charge in [-0.2, -0.15) is 17.0 Å². The lowest BCUT2D eigenvalue weighted by molar-refractivity contribution is -0.144. The fourth-order valence-corrected chi connectivity index (χ4v) is 6.56. The average Bonchev–Trinajstić information content (AvgIpc) is 3.20. The minimum absolute atomic E-state index is 0.0147. The molecular formula is C23H43BN4O8S. The largest absolute Gasteiger partial charge is 0.480 e. The molecule has 2 atom stereocenters. The van der Waals surface area contributed by atoms with Gasteiger partial charge in [-0.1, -0.05) is 6.42 Å². The molecule has 3 saturated heterocycles. The molecule has 0 aliphatic carbocycles. The second-order valence-corrected chi connectivity index (χ2v) is 14.3. The van der Waals surface area contributed by atoms with E-state index in [0.717, 1.165) is 0 Å². The van der Waals surface area contributed by atoms with Crippen molar-refractivity contribution < 1.29 is 37.2 Å². The molecule has 1 amide bonds. The van der Waals surface area contributed by atoms with Crippen LogP contribution in [0.1, 0.15) is 61.3 Å². The number of nitrogens with two attached hydrogens (primary N) is 1. The van der Waals surface area contributed by atoms with Crippen LogP contribution >= 0.6 is 0 Å². The Morgan fingerprint density at radius 2 is 1.59 bits per heavy atom. The Morgan fingerprint density at radius 3 is 2.08 bits per heavy atom. The predicted octanol–water partition coefficient (Wildman–Crippen LogP) is 1.37. The van der Waals surface area contributed by atoms with Crippen molar-refractivity contribution in [3.05, 3.63) is 0 Å². The topological polar surface area (TPSA) is 152 Å². The van der Waals surface area contributed by atoms with E-state index in [2.05, 4.69) is 0 Å². The highest BCUT2D eigenvalue weighted by Crippen LogP contribution is 2.39. The number of carbonyl (C=O) groups is 2. The van der Waals surface area contributed by atoms with Gasteiger partial charge in [-0.3, -0.25) is 4.79 Å². The zero-order chi connectivity index (χ0) is 28.0. The van der Waals surface area contributed by atoms with E-state index in [0.29, 0.717) is 19.2 Å². The van der Waals surface area contributed by atoms with E-state index in [1.807, 2.05) is 27.7 Å². The van der Waals surface area contributed by atoms with Crippen molar-refractivity contribution in [1.82, 2.24) is 13.5 Å². The van der Waals surface area contributed by atoms with Crippen molar-refractivity contribution in [2.75, 3.05) is 39.3 Å². The summed E-state index contributed by atoms with van der Waals surface area (Å²) in [5.74, 6) is -1.79. The molecule has 12 nitrogen and oxygen atoms in total. The molecule has 0 unspecified atom stereocenters. The standard InChI is InChI=1S/C23H43BN4O8S/c1-20(2,3)34-19(31)26-11-13-27(14-12-26)37(32,33)28-15-17(23(25,16-28)18(29)30)9-8-10-24-35-21(4,5)22(6,7)36-24/h17H,8-16,25H2,1-7H3,(H,29,30)/t17-,23-/m0/s1. The van der Waals surface area contributed by atoms with Gasteiger partial charge in [-0.05, 0) is 61.2 Å². The summed E-state index contributed by atoms with van der Waals surface area (Å²) < 4.78 is 46.7. The van der Waals surface area contributed by atoms with E-state index in [9.17, 15) is 23.1 Å². The Morgan fingerprint density at radius 1 is 1.05 bits per heavy atom. The van der Waals surface area contributed by atoms with Crippen LogP contribution in [0.3, 0.4) is 0 Å². The summed E-state index contributed by atoms with van der Waals surface area (Å²) in [5.41, 5.74) is 3.06. The second-order valence-electron chi connectivity index (χ2n) is 12.3. The predicted molar refractivity (Wildman–Crippen MR) is 138 cm³/mol. The quantitative estimate of drug-likeness (QED) is 0.451. The van der Waals surface area contributed by atoms with Gasteiger partial charge in [-0.15, -0.1) is 0 Å². The first-order valence-corrected chi connectivity index (χ1v) is 14.3. The van der Waals surface area contributed by atoms with Crippen molar-refractivity contribution in [3.63, 3.8) is 0 Å². The first-order valence-electron chi connectivity index (χ1n) is 12.9. The number of nitrogens with zero attached hydrogens (tertiary/aromatic N) is 3. The van der Waals surface area contributed by atoms with Crippen LogP contribution in [0.5, 0.6) is 0 Å². The van der Waals surface area contributed by atoms with Crippen molar-refractivity contribution in [2.45, 2.75) is 90.0 Å². The molecule has 0 bridgehead atoms. The Balaban J connectivity index is 1.60. The minimum Gasteiger partial charge on any atom is -0.480 e. The molecule has 212 valence electrons. The zero-order valence-corrected chi connectivity index (χ0v) is 24.0. The van der Waals surface area contributed by atoms with Gasteiger partial charge in [0.15, 0.2) is 0 Å². The average molecular weight is 546 g/mol. The smallest absolute Gasteiger partial charge is 0.457 e. The molecule has 0 spiro atoms. The minimum atomic E-state index is -3.96. The molecule has 0 radical (unpaired) electrons. The Labute approximate surface area is 221 Å². The van der Waals surface area contributed by atoms with Crippen LogP contribution in [0.15, 0.2) is 0 Å². The maximum atomic E-state index is 13.4. The number of amides is 1. The highest BCUT2D eigenvalue weighted by molar-refractivity contribution is 7.86. The molecule has 0 aromatic heterocycles. The first-order chi connectivity index (χ1) is 16.8. The normalized spacial score (nSPS) is 29.0. The molecule has 3 fully saturated rings. The van der Waals surface area contributed by atoms with Gasteiger partial charge in [0, 0.05) is 45.2 Å². The number of piperazine rings is 1. The molecule has 0 aromatic rings. The van der Waals surface area contributed by atoms with Gasteiger partial charge in [0.2, 0.25) is 0 Å². The van der Waals surface area contributed by atoms with Crippen molar-refractivity contribution >= 4 is 29.4 Å². The maximum absolute atomic E-state index is 13.4. The number of rotatable bonds is 7. The number of carbonyl (C=O) groups excluding carboxylic acids is 1. The highest BCUT2D eigenvalue weighted by Gasteiger charge is 2.54. The number of hydrogen-bond donors (Lipinski definition) is 2. The number of hydrogen-bond acceptors (Lipinski definition) is 8. The van der Waals surface area contributed by atoms with E-state index >= 15 is 0 Å². The molecule has 3 aliphatic rings. The van der Waals surface area contributed by atoms with Gasteiger partial charge in [-0.25, -0.2) is 4.79 Å². The second kappa shape index (κ2) is 10.3. The lowest BCUT2D eigenvalue weighted by Gasteiger charge is -2.36. The van der Waals surface area contributed by atoms with Gasteiger partial charge < -0.3 is 29.8 Å². The van der Waals surface area contributed by atoms with Crippen LogP contribution in [-0.4, -0.2) is 108 Å². The SMILES string of the molecule is CC(C)(C)OC(=O)N1CCN(S(=O)(=O)N2C[C@H](CCCB3OC(C)(C)C(C)(C)O3)[C@](N)(C(=O)O)C2)CC1. The summed E-state index contributed by atoms with van der Waals surface area (Å²) in [6.45, 7) is 13.4. The van der Waals surface area contributed by atoms with Crippen molar-refractivity contribution in [1.29, 1.82) is 0 Å². The van der Waals surface area contributed by atoms with Crippen LogP contribution in [0.2, 0.25) is 6.32 Å². The van der Waals surface area contributed by atoms with Crippen LogP contribution in [-0.2, 0) is 29.0 Å². The van der Waals surface area contributed by atoms with E-state index in [1.54, 1.807) is 20.8 Å². The third kappa shape index (κ3) is 6.42. The fourth-order valence-electron chi connectivity index (χ4n) is 4.87. The summed E-state index contributed by atoms with van der Waals surface area (Å²) in [5, 5.41) is 9.91. The van der Waals surface area contributed by atoms with Gasteiger partial charge in [0.05, 0.1) is 11.2 Å². The highest BCUT2D eigenvalue weighted by atomic mass is 32.2. The summed E-state index contributed by atoms with van der Waals surface area (Å²) in [4.78, 5) is 25.9. The summed E-state index contributed by atoms with van der Waals surface area (Å²) in [6.07, 6.45) is 1.07. The van der Waals surface area contributed by atoms with Crippen LogP contribution in [0, 0.1) is 5.92 Å². The number of carboxylic acids is 1. The van der Waals surface area contributed by atoms with E-state index < -0.39 is 57.7 Å². The third-order valence-corrected chi connectivity index (χ3v) is 9.77. The number of carboxylic acid groups (broad SMARTS) is 1. The zero-order valence-electron chi connectivity index (χ0n) is 23.2. The molecule has 37 heavy (non-hydrogen) atoms. The lowest BCUT2D eigenvalue weighted by Crippen LogP contribution is -2.57.